The molecular weight excluding hydrogens is 302 g/mol. The van der Waals surface area contributed by atoms with Crippen molar-refractivity contribution in [1.29, 1.82) is 0 Å². The average molecular weight is 338 g/mol. The summed E-state index contributed by atoms with van der Waals surface area (Å²) in [6, 6.07) is 0. The van der Waals surface area contributed by atoms with Gasteiger partial charge < -0.3 is 16.0 Å². The molecule has 2 aliphatic rings. The van der Waals surface area contributed by atoms with E-state index in [2.05, 4.69) is 12.2 Å². The summed E-state index contributed by atoms with van der Waals surface area (Å²) in [5.41, 5.74) is 5.44. The van der Waals surface area contributed by atoms with Gasteiger partial charge in [-0.3, -0.25) is 9.59 Å². The molecule has 5 heteroatoms. The summed E-state index contributed by atoms with van der Waals surface area (Å²) in [6.45, 7) is 4.62. The largest absolute Gasteiger partial charge is 0.355 e. The highest BCUT2D eigenvalue weighted by Gasteiger charge is 2.33. The van der Waals surface area contributed by atoms with Crippen molar-refractivity contribution in [1.82, 2.24) is 10.2 Å². The van der Waals surface area contributed by atoms with E-state index in [4.69, 9.17) is 5.73 Å². The van der Waals surface area contributed by atoms with Crippen LogP contribution in [0.5, 0.6) is 0 Å². The lowest BCUT2D eigenvalue weighted by molar-refractivity contribution is -0.140. The molecule has 2 fully saturated rings. The SMILES string of the molecule is CCCCC1CCC(C(=O)N2CCCC(C(=O)NCCN)C2)CC1. The van der Waals surface area contributed by atoms with E-state index in [0.29, 0.717) is 25.5 Å². The van der Waals surface area contributed by atoms with Crippen molar-refractivity contribution < 1.29 is 9.59 Å². The van der Waals surface area contributed by atoms with Crippen LogP contribution >= 0.6 is 0 Å². The molecular formula is C19H35N3O2. The van der Waals surface area contributed by atoms with Gasteiger partial charge in [0.2, 0.25) is 11.8 Å². The van der Waals surface area contributed by atoms with Gasteiger partial charge in [-0.1, -0.05) is 26.2 Å². The van der Waals surface area contributed by atoms with Crippen molar-refractivity contribution in [3.05, 3.63) is 0 Å². The van der Waals surface area contributed by atoms with Crippen molar-refractivity contribution in [3.63, 3.8) is 0 Å². The highest BCUT2D eigenvalue weighted by molar-refractivity contribution is 5.82. The first-order valence-corrected chi connectivity index (χ1v) is 9.92. The quantitative estimate of drug-likeness (QED) is 0.748. The number of likely N-dealkylation sites (tertiary alicyclic amines) is 1. The van der Waals surface area contributed by atoms with Crippen LogP contribution in [0.25, 0.3) is 0 Å². The summed E-state index contributed by atoms with van der Waals surface area (Å²) in [5, 5.41) is 2.86. The average Bonchev–Trinajstić information content (AvgIpc) is 2.64. The Hall–Kier alpha value is -1.10. The van der Waals surface area contributed by atoms with E-state index in [0.717, 1.165) is 38.1 Å². The van der Waals surface area contributed by atoms with Gasteiger partial charge in [-0.15, -0.1) is 0 Å². The molecule has 0 aromatic rings. The molecule has 24 heavy (non-hydrogen) atoms. The van der Waals surface area contributed by atoms with Crippen molar-refractivity contribution >= 4 is 11.8 Å². The van der Waals surface area contributed by atoms with Gasteiger partial charge in [-0.25, -0.2) is 0 Å². The summed E-state index contributed by atoms with van der Waals surface area (Å²) in [4.78, 5) is 26.9. The van der Waals surface area contributed by atoms with Crippen LogP contribution in [0.2, 0.25) is 0 Å². The number of piperidine rings is 1. The summed E-state index contributed by atoms with van der Waals surface area (Å²) in [7, 11) is 0. The molecule has 0 aromatic carbocycles. The van der Waals surface area contributed by atoms with E-state index >= 15 is 0 Å². The minimum atomic E-state index is -0.0601. The molecule has 0 radical (unpaired) electrons. The lowest BCUT2D eigenvalue weighted by atomic mass is 9.79. The topological polar surface area (TPSA) is 75.4 Å². The Balaban J connectivity index is 1.78. The normalized spacial score (nSPS) is 27.8. The maximum atomic E-state index is 12.8. The lowest BCUT2D eigenvalue weighted by Crippen LogP contribution is -2.48. The number of carbonyl (C=O) groups is 2. The predicted octanol–water partition coefficient (Wildman–Crippen LogP) is 2.30. The molecule has 2 amide bonds. The van der Waals surface area contributed by atoms with Crippen molar-refractivity contribution in [2.24, 2.45) is 23.5 Å². The first kappa shape index (κ1) is 19.2. The molecule has 1 atom stereocenters. The van der Waals surface area contributed by atoms with E-state index in [1.807, 2.05) is 4.90 Å². The molecule has 1 heterocycles. The molecule has 1 aliphatic heterocycles. The molecule has 1 unspecified atom stereocenters. The Labute approximate surface area is 146 Å². The fraction of sp³-hybridized carbons (Fsp3) is 0.895. The zero-order valence-corrected chi connectivity index (χ0v) is 15.3. The van der Waals surface area contributed by atoms with Gasteiger partial charge in [0.15, 0.2) is 0 Å². The second-order valence-corrected chi connectivity index (χ2v) is 7.56. The number of amides is 2. The molecule has 0 bridgehead atoms. The second kappa shape index (κ2) is 10.0. The van der Waals surface area contributed by atoms with Gasteiger partial charge in [0, 0.05) is 32.1 Å². The number of nitrogens with zero attached hydrogens (tertiary/aromatic N) is 1. The summed E-state index contributed by atoms with van der Waals surface area (Å²) in [5.74, 6) is 1.30. The van der Waals surface area contributed by atoms with Gasteiger partial charge in [0.1, 0.15) is 0 Å². The van der Waals surface area contributed by atoms with Crippen LogP contribution in [0, 0.1) is 17.8 Å². The number of carbonyl (C=O) groups excluding carboxylic acids is 2. The zero-order chi connectivity index (χ0) is 17.4. The molecule has 0 spiro atoms. The number of unbranched alkanes of at least 4 members (excludes halogenated alkanes) is 1. The van der Waals surface area contributed by atoms with Gasteiger partial charge in [-0.05, 0) is 44.4 Å². The molecule has 1 saturated heterocycles. The fourth-order valence-corrected chi connectivity index (χ4v) is 4.18. The van der Waals surface area contributed by atoms with Crippen LogP contribution < -0.4 is 11.1 Å². The minimum Gasteiger partial charge on any atom is -0.355 e. The Kier molecular flexibility index (Phi) is 8.03. The third-order valence-corrected chi connectivity index (χ3v) is 5.71. The third-order valence-electron chi connectivity index (χ3n) is 5.71. The molecule has 3 N–H and O–H groups in total. The molecule has 0 aromatic heterocycles. The summed E-state index contributed by atoms with van der Waals surface area (Å²) >= 11 is 0. The van der Waals surface area contributed by atoms with Crippen LogP contribution in [0.4, 0.5) is 0 Å². The Bertz CT molecular complexity index is 405. The summed E-state index contributed by atoms with van der Waals surface area (Å²) < 4.78 is 0. The predicted molar refractivity (Wildman–Crippen MR) is 96.3 cm³/mol. The molecule has 1 saturated carbocycles. The van der Waals surface area contributed by atoms with Gasteiger partial charge >= 0.3 is 0 Å². The van der Waals surface area contributed by atoms with E-state index < -0.39 is 0 Å². The number of hydrogen-bond acceptors (Lipinski definition) is 3. The van der Waals surface area contributed by atoms with Crippen LogP contribution in [0.3, 0.4) is 0 Å². The zero-order valence-electron chi connectivity index (χ0n) is 15.3. The van der Waals surface area contributed by atoms with Crippen molar-refractivity contribution in [2.45, 2.75) is 64.7 Å². The molecule has 5 nitrogen and oxygen atoms in total. The van der Waals surface area contributed by atoms with Gasteiger partial charge in [0.25, 0.3) is 0 Å². The third kappa shape index (κ3) is 5.47. The van der Waals surface area contributed by atoms with E-state index in [-0.39, 0.29) is 17.7 Å². The lowest BCUT2D eigenvalue weighted by Gasteiger charge is -2.36. The molecule has 138 valence electrons. The molecule has 2 rings (SSSR count). The van der Waals surface area contributed by atoms with E-state index in [9.17, 15) is 9.59 Å². The van der Waals surface area contributed by atoms with Crippen molar-refractivity contribution in [2.75, 3.05) is 26.2 Å². The highest BCUT2D eigenvalue weighted by atomic mass is 16.2. The van der Waals surface area contributed by atoms with E-state index in [1.165, 1.54) is 32.1 Å². The first-order chi connectivity index (χ1) is 11.7. The van der Waals surface area contributed by atoms with Crippen LogP contribution in [0.1, 0.15) is 64.7 Å². The standard InChI is InChI=1S/C19H35N3O2/c1-2-3-5-15-7-9-16(10-8-15)19(24)22-13-4-6-17(14-22)18(23)21-12-11-20/h15-17H,2-14,20H2,1H3,(H,21,23). The number of nitrogens with two attached hydrogens (primary N) is 1. The maximum absolute atomic E-state index is 12.8. The second-order valence-electron chi connectivity index (χ2n) is 7.56. The number of hydrogen-bond donors (Lipinski definition) is 2. The van der Waals surface area contributed by atoms with Gasteiger partial charge in [0.05, 0.1) is 5.92 Å². The van der Waals surface area contributed by atoms with Crippen molar-refractivity contribution in [3.8, 4) is 0 Å². The maximum Gasteiger partial charge on any atom is 0.225 e. The first-order valence-electron chi connectivity index (χ1n) is 9.92. The monoisotopic (exact) mass is 337 g/mol. The van der Waals surface area contributed by atoms with Crippen LogP contribution in [-0.2, 0) is 9.59 Å². The fourth-order valence-electron chi connectivity index (χ4n) is 4.18. The highest BCUT2D eigenvalue weighted by Crippen LogP contribution is 2.33. The Morgan fingerprint density at radius 1 is 1.12 bits per heavy atom. The van der Waals surface area contributed by atoms with Crippen LogP contribution in [-0.4, -0.2) is 42.9 Å². The number of nitrogens with one attached hydrogen (secondary N) is 1. The Morgan fingerprint density at radius 2 is 1.88 bits per heavy atom. The Morgan fingerprint density at radius 3 is 2.54 bits per heavy atom. The smallest absolute Gasteiger partial charge is 0.225 e. The van der Waals surface area contributed by atoms with E-state index in [1.54, 1.807) is 0 Å². The van der Waals surface area contributed by atoms with Crippen LogP contribution in [0.15, 0.2) is 0 Å². The van der Waals surface area contributed by atoms with Gasteiger partial charge in [-0.2, -0.15) is 0 Å². The molecule has 1 aliphatic carbocycles. The summed E-state index contributed by atoms with van der Waals surface area (Å²) in [6.07, 6.45) is 10.2. The minimum absolute atomic E-state index is 0.0567. The number of rotatable bonds is 7.